The minimum absolute atomic E-state index is 0.654. The molecule has 2 nitrogen and oxygen atoms in total. The average molecular weight is 173 g/mol. The monoisotopic (exact) mass is 173 g/mol. The van der Waals surface area contributed by atoms with Crippen LogP contribution in [0, 0.1) is 5.92 Å². The van der Waals surface area contributed by atoms with Crippen molar-refractivity contribution in [3.8, 4) is 0 Å². The summed E-state index contributed by atoms with van der Waals surface area (Å²) < 4.78 is 5.47. The third-order valence-electron chi connectivity index (χ3n) is 1.67. The van der Waals surface area contributed by atoms with Crippen molar-refractivity contribution in [3.05, 3.63) is 0 Å². The lowest BCUT2D eigenvalue weighted by atomic mass is 10.2. The summed E-state index contributed by atoms with van der Waals surface area (Å²) in [6, 6.07) is 0. The molecular weight excluding hydrogens is 150 g/mol. The van der Waals surface area contributed by atoms with Gasteiger partial charge in [0.1, 0.15) is 0 Å². The Hall–Kier alpha value is -0.0800. The molecule has 0 rings (SSSR count). The number of hydrogen-bond donors (Lipinski definition) is 0. The summed E-state index contributed by atoms with van der Waals surface area (Å²) >= 11 is 0. The first-order chi connectivity index (χ1) is 5.66. The highest BCUT2D eigenvalue weighted by atomic mass is 16.5. The van der Waals surface area contributed by atoms with Crippen molar-refractivity contribution in [2.75, 3.05) is 33.4 Å². The Morgan fingerprint density at radius 2 is 1.92 bits per heavy atom. The van der Waals surface area contributed by atoms with Gasteiger partial charge in [-0.25, -0.2) is 0 Å². The van der Waals surface area contributed by atoms with Crippen LogP contribution < -0.4 is 0 Å². The van der Waals surface area contributed by atoms with Crippen LogP contribution in [0.1, 0.15) is 27.2 Å². The van der Waals surface area contributed by atoms with Crippen LogP contribution in [0.3, 0.4) is 0 Å². The molecule has 2 heteroatoms. The van der Waals surface area contributed by atoms with E-state index in [9.17, 15) is 0 Å². The van der Waals surface area contributed by atoms with Crippen LogP contribution in [0.2, 0.25) is 0 Å². The molecule has 74 valence electrons. The first-order valence-corrected chi connectivity index (χ1v) is 4.93. The molecule has 0 atom stereocenters. The molecule has 0 saturated carbocycles. The molecule has 0 aliphatic rings. The molecule has 0 spiro atoms. The molecule has 0 heterocycles. The van der Waals surface area contributed by atoms with Gasteiger partial charge in [0.15, 0.2) is 0 Å². The fourth-order valence-corrected chi connectivity index (χ4v) is 1.03. The van der Waals surface area contributed by atoms with E-state index < -0.39 is 0 Å². The van der Waals surface area contributed by atoms with Crippen molar-refractivity contribution in [3.63, 3.8) is 0 Å². The van der Waals surface area contributed by atoms with Crippen LogP contribution in [0.4, 0.5) is 0 Å². The zero-order chi connectivity index (χ0) is 9.40. The van der Waals surface area contributed by atoms with Crippen molar-refractivity contribution in [2.45, 2.75) is 27.2 Å². The first kappa shape index (κ1) is 11.9. The molecule has 0 aromatic rings. The molecule has 0 aliphatic carbocycles. The van der Waals surface area contributed by atoms with Crippen molar-refractivity contribution in [2.24, 2.45) is 5.92 Å². The van der Waals surface area contributed by atoms with E-state index in [0.717, 1.165) is 19.8 Å². The van der Waals surface area contributed by atoms with Crippen LogP contribution in [0.5, 0.6) is 0 Å². The first-order valence-electron chi connectivity index (χ1n) is 4.93. The third kappa shape index (κ3) is 8.02. The Morgan fingerprint density at radius 3 is 2.42 bits per heavy atom. The number of nitrogens with zero attached hydrogens (tertiary/aromatic N) is 1. The summed E-state index contributed by atoms with van der Waals surface area (Å²) in [5.41, 5.74) is 0. The zero-order valence-electron chi connectivity index (χ0n) is 8.97. The van der Waals surface area contributed by atoms with Crippen molar-refractivity contribution in [1.29, 1.82) is 0 Å². The SMILES string of the molecule is CCCN(C)CCOCC(C)C. The smallest absolute Gasteiger partial charge is 0.0593 e. The van der Waals surface area contributed by atoms with Gasteiger partial charge in [-0.1, -0.05) is 20.8 Å². The largest absolute Gasteiger partial charge is 0.380 e. The van der Waals surface area contributed by atoms with Gasteiger partial charge in [-0.15, -0.1) is 0 Å². The molecular formula is C10H23NO. The molecule has 0 aromatic heterocycles. The second kappa shape index (κ2) is 7.56. The normalized spacial score (nSPS) is 11.5. The summed E-state index contributed by atoms with van der Waals surface area (Å²) in [6.45, 7) is 10.5. The fraction of sp³-hybridized carbons (Fsp3) is 1.00. The second-order valence-electron chi connectivity index (χ2n) is 3.77. The van der Waals surface area contributed by atoms with E-state index in [0.29, 0.717) is 5.92 Å². The molecule has 0 aromatic carbocycles. The Labute approximate surface area is 76.9 Å². The van der Waals surface area contributed by atoms with Crippen LogP contribution in [-0.2, 0) is 4.74 Å². The van der Waals surface area contributed by atoms with Crippen LogP contribution in [0.25, 0.3) is 0 Å². The predicted molar refractivity (Wildman–Crippen MR) is 53.4 cm³/mol. The van der Waals surface area contributed by atoms with E-state index in [1.807, 2.05) is 0 Å². The summed E-state index contributed by atoms with van der Waals surface area (Å²) in [5.74, 6) is 0.654. The Kier molecular flexibility index (Phi) is 7.51. The molecule has 0 N–H and O–H groups in total. The molecule has 0 aliphatic heterocycles. The molecule has 0 bridgehead atoms. The summed E-state index contributed by atoms with van der Waals surface area (Å²) in [6.07, 6.45) is 1.22. The van der Waals surface area contributed by atoms with Gasteiger partial charge in [-0.2, -0.15) is 0 Å². The lowest BCUT2D eigenvalue weighted by molar-refractivity contribution is 0.0916. The quantitative estimate of drug-likeness (QED) is 0.546. The summed E-state index contributed by atoms with van der Waals surface area (Å²) in [4.78, 5) is 2.31. The van der Waals surface area contributed by atoms with E-state index in [1.54, 1.807) is 0 Å². The van der Waals surface area contributed by atoms with Gasteiger partial charge in [0.25, 0.3) is 0 Å². The molecule has 12 heavy (non-hydrogen) atoms. The minimum Gasteiger partial charge on any atom is -0.380 e. The maximum atomic E-state index is 5.47. The third-order valence-corrected chi connectivity index (χ3v) is 1.67. The fourth-order valence-electron chi connectivity index (χ4n) is 1.03. The van der Waals surface area contributed by atoms with Gasteiger partial charge >= 0.3 is 0 Å². The van der Waals surface area contributed by atoms with Gasteiger partial charge < -0.3 is 9.64 Å². The van der Waals surface area contributed by atoms with E-state index in [4.69, 9.17) is 4.74 Å². The molecule has 0 unspecified atom stereocenters. The average Bonchev–Trinajstić information content (AvgIpc) is 1.98. The van der Waals surface area contributed by atoms with E-state index >= 15 is 0 Å². The maximum Gasteiger partial charge on any atom is 0.0593 e. The molecule has 0 fully saturated rings. The van der Waals surface area contributed by atoms with Gasteiger partial charge in [0.2, 0.25) is 0 Å². The van der Waals surface area contributed by atoms with E-state index in [2.05, 4.69) is 32.7 Å². The van der Waals surface area contributed by atoms with Gasteiger partial charge in [0, 0.05) is 13.2 Å². The Balaban J connectivity index is 3.08. The van der Waals surface area contributed by atoms with Crippen molar-refractivity contribution < 1.29 is 4.74 Å². The number of hydrogen-bond acceptors (Lipinski definition) is 2. The highest BCUT2D eigenvalue weighted by molar-refractivity contribution is 4.48. The highest BCUT2D eigenvalue weighted by Crippen LogP contribution is 1.93. The minimum atomic E-state index is 0.654. The van der Waals surface area contributed by atoms with Crippen LogP contribution in [-0.4, -0.2) is 38.3 Å². The molecule has 0 amide bonds. The van der Waals surface area contributed by atoms with Gasteiger partial charge in [0.05, 0.1) is 6.61 Å². The highest BCUT2D eigenvalue weighted by Gasteiger charge is 1.97. The van der Waals surface area contributed by atoms with Crippen molar-refractivity contribution >= 4 is 0 Å². The number of likely N-dealkylation sites (N-methyl/N-ethyl adjacent to an activating group) is 1. The van der Waals surface area contributed by atoms with Crippen LogP contribution >= 0.6 is 0 Å². The van der Waals surface area contributed by atoms with Crippen molar-refractivity contribution in [1.82, 2.24) is 4.90 Å². The number of rotatable bonds is 7. The predicted octanol–water partition coefficient (Wildman–Crippen LogP) is 2.00. The molecule has 0 radical (unpaired) electrons. The zero-order valence-corrected chi connectivity index (χ0v) is 8.97. The standard InChI is InChI=1S/C10H23NO/c1-5-6-11(4)7-8-12-9-10(2)3/h10H,5-9H2,1-4H3. The van der Waals surface area contributed by atoms with Gasteiger partial charge in [-0.3, -0.25) is 0 Å². The lowest BCUT2D eigenvalue weighted by Crippen LogP contribution is -2.24. The summed E-state index contributed by atoms with van der Waals surface area (Å²) in [7, 11) is 2.14. The topological polar surface area (TPSA) is 12.5 Å². The number of ether oxygens (including phenoxy) is 1. The van der Waals surface area contributed by atoms with Gasteiger partial charge in [-0.05, 0) is 25.9 Å². The Morgan fingerprint density at radius 1 is 1.25 bits per heavy atom. The maximum absolute atomic E-state index is 5.47. The van der Waals surface area contributed by atoms with E-state index in [-0.39, 0.29) is 0 Å². The second-order valence-corrected chi connectivity index (χ2v) is 3.77. The van der Waals surface area contributed by atoms with E-state index in [1.165, 1.54) is 13.0 Å². The van der Waals surface area contributed by atoms with Crippen LogP contribution in [0.15, 0.2) is 0 Å². The lowest BCUT2D eigenvalue weighted by Gasteiger charge is -2.15. The Bertz CT molecular complexity index is 93.8. The molecule has 0 saturated heterocycles. The summed E-state index contributed by atoms with van der Waals surface area (Å²) in [5, 5.41) is 0.